The number of rotatable bonds is 1. The van der Waals surface area contributed by atoms with Gasteiger partial charge in [-0.05, 0) is 13.0 Å². The second kappa shape index (κ2) is 2.69. The number of nitrogens with zero attached hydrogens (tertiary/aromatic N) is 1. The van der Waals surface area contributed by atoms with Crippen LogP contribution >= 0.6 is 11.6 Å². The van der Waals surface area contributed by atoms with E-state index in [0.29, 0.717) is 0 Å². The second-order valence-corrected chi connectivity index (χ2v) is 2.00. The van der Waals surface area contributed by atoms with E-state index in [-0.39, 0.29) is 0 Å². The van der Waals surface area contributed by atoms with Crippen LogP contribution in [0.4, 0.5) is 0 Å². The minimum Gasteiger partial charge on any atom is -0.343 e. The van der Waals surface area contributed by atoms with E-state index in [9.17, 15) is 0 Å². The van der Waals surface area contributed by atoms with E-state index in [2.05, 4.69) is 9.97 Å². The molecule has 0 amide bonds. The number of hydrogen-bond acceptors (Lipinski definition) is 1. The molecule has 0 aliphatic heterocycles. The fourth-order valence-corrected chi connectivity index (χ4v) is 0.697. The maximum atomic E-state index is 5.30. The number of H-pyrrole nitrogens is 1. The van der Waals surface area contributed by atoms with Crippen molar-refractivity contribution in [2.45, 2.75) is 6.92 Å². The molecule has 2 nitrogen and oxygen atoms in total. The Hall–Kier alpha value is -0.760. The summed E-state index contributed by atoms with van der Waals surface area (Å²) in [6, 6.07) is 0. The van der Waals surface area contributed by atoms with Gasteiger partial charge in [0.15, 0.2) is 0 Å². The lowest BCUT2D eigenvalue weighted by atomic mass is 10.6. The van der Waals surface area contributed by atoms with Crippen LogP contribution in [0.5, 0.6) is 0 Å². The molecule has 1 heterocycles. The molecule has 0 aliphatic carbocycles. The number of hydrogen-bond donors (Lipinski definition) is 1. The largest absolute Gasteiger partial charge is 0.343 e. The van der Waals surface area contributed by atoms with Gasteiger partial charge in [-0.2, -0.15) is 0 Å². The molecule has 0 atom stereocenters. The van der Waals surface area contributed by atoms with Crippen molar-refractivity contribution in [3.63, 3.8) is 0 Å². The van der Waals surface area contributed by atoms with E-state index < -0.39 is 0 Å². The Labute approximate surface area is 58.6 Å². The number of aryl methyl sites for hydroxylation is 1. The van der Waals surface area contributed by atoms with E-state index in [1.165, 1.54) is 5.54 Å². The quantitative estimate of drug-likeness (QED) is 0.638. The van der Waals surface area contributed by atoms with Gasteiger partial charge in [0.2, 0.25) is 0 Å². The first-order chi connectivity index (χ1) is 4.33. The van der Waals surface area contributed by atoms with Crippen LogP contribution in [0.25, 0.3) is 6.08 Å². The first-order valence-corrected chi connectivity index (χ1v) is 3.05. The molecule has 48 valence electrons. The predicted molar refractivity (Wildman–Crippen MR) is 38.2 cm³/mol. The zero-order valence-electron chi connectivity index (χ0n) is 5.06. The van der Waals surface area contributed by atoms with Crippen LogP contribution in [-0.4, -0.2) is 9.97 Å². The Morgan fingerprint density at radius 2 is 2.56 bits per heavy atom. The molecule has 1 N–H and O–H groups in total. The highest BCUT2D eigenvalue weighted by atomic mass is 35.5. The first-order valence-electron chi connectivity index (χ1n) is 2.61. The zero-order valence-corrected chi connectivity index (χ0v) is 5.81. The molecule has 0 unspecified atom stereocenters. The van der Waals surface area contributed by atoms with E-state index in [1.807, 2.05) is 6.92 Å². The third kappa shape index (κ3) is 1.57. The maximum absolute atomic E-state index is 5.30. The third-order valence-electron chi connectivity index (χ3n) is 0.943. The van der Waals surface area contributed by atoms with Gasteiger partial charge < -0.3 is 4.98 Å². The van der Waals surface area contributed by atoms with Crippen molar-refractivity contribution < 1.29 is 0 Å². The molecule has 1 aromatic heterocycles. The van der Waals surface area contributed by atoms with Gasteiger partial charge in [-0.15, -0.1) is 0 Å². The summed E-state index contributed by atoms with van der Waals surface area (Å²) in [5.41, 5.74) is 2.47. The number of halogens is 1. The highest BCUT2D eigenvalue weighted by Crippen LogP contribution is 1.97. The molecule has 0 spiro atoms. The number of aromatic nitrogens is 2. The van der Waals surface area contributed by atoms with Crippen LogP contribution < -0.4 is 0 Å². The van der Waals surface area contributed by atoms with Gasteiger partial charge in [0, 0.05) is 17.4 Å². The Kier molecular flexibility index (Phi) is 1.90. The van der Waals surface area contributed by atoms with Crippen molar-refractivity contribution in [1.82, 2.24) is 9.97 Å². The van der Waals surface area contributed by atoms with Crippen molar-refractivity contribution in [2.75, 3.05) is 0 Å². The second-order valence-electron chi connectivity index (χ2n) is 1.74. The number of imidazole rings is 1. The Bertz CT molecular complexity index is 215. The lowest BCUT2D eigenvalue weighted by Gasteiger charge is -1.78. The summed E-state index contributed by atoms with van der Waals surface area (Å²) in [7, 11) is 0. The maximum Gasteiger partial charge on any atom is 0.131 e. The number of aromatic amines is 1. The molecule has 1 aromatic rings. The van der Waals surface area contributed by atoms with Crippen molar-refractivity contribution in [3.8, 4) is 0 Å². The molecule has 3 heteroatoms. The van der Waals surface area contributed by atoms with E-state index in [4.69, 9.17) is 11.6 Å². The summed E-state index contributed by atoms with van der Waals surface area (Å²) in [5.74, 6) is 0.794. The minimum atomic E-state index is 0.794. The Balaban J connectivity index is 2.85. The average molecular weight is 143 g/mol. The fraction of sp³-hybridized carbons (Fsp3) is 0.167. The molecule has 0 aliphatic rings. The van der Waals surface area contributed by atoms with Crippen LogP contribution in [-0.2, 0) is 0 Å². The molecule has 0 aromatic carbocycles. The van der Waals surface area contributed by atoms with Gasteiger partial charge in [-0.25, -0.2) is 4.98 Å². The van der Waals surface area contributed by atoms with Gasteiger partial charge in [-0.3, -0.25) is 0 Å². The lowest BCUT2D eigenvalue weighted by molar-refractivity contribution is 1.22. The van der Waals surface area contributed by atoms with E-state index in [0.717, 1.165) is 11.5 Å². The first kappa shape index (κ1) is 6.36. The number of nitrogens with one attached hydrogen (secondary N) is 1. The summed E-state index contributed by atoms with van der Waals surface area (Å²) < 4.78 is 0. The molecule has 0 saturated carbocycles. The predicted octanol–water partition coefficient (Wildman–Crippen LogP) is 1.93. The smallest absolute Gasteiger partial charge is 0.131 e. The molecule has 0 radical (unpaired) electrons. The average Bonchev–Trinajstić information content (AvgIpc) is 2.17. The van der Waals surface area contributed by atoms with E-state index >= 15 is 0 Å². The van der Waals surface area contributed by atoms with Gasteiger partial charge in [0.25, 0.3) is 0 Å². The van der Waals surface area contributed by atoms with Crippen LogP contribution in [0, 0.1) is 6.92 Å². The van der Waals surface area contributed by atoms with Crippen LogP contribution in [0.3, 0.4) is 0 Å². The van der Waals surface area contributed by atoms with Gasteiger partial charge in [-0.1, -0.05) is 11.6 Å². The highest BCUT2D eigenvalue weighted by molar-refractivity contribution is 6.27. The molecule has 0 bridgehead atoms. The monoisotopic (exact) mass is 142 g/mol. The van der Waals surface area contributed by atoms with Gasteiger partial charge in [0.1, 0.15) is 5.82 Å². The molecule has 1 rings (SSSR count). The van der Waals surface area contributed by atoms with Crippen molar-refractivity contribution in [1.29, 1.82) is 0 Å². The zero-order chi connectivity index (χ0) is 6.69. The molecule has 0 fully saturated rings. The van der Waals surface area contributed by atoms with Crippen molar-refractivity contribution in [3.05, 3.63) is 23.3 Å². The standard InChI is InChI=1S/C6H7ClN2/c1-5-4-8-6(9-5)2-3-7/h2-4H,1H3,(H,8,9). The van der Waals surface area contributed by atoms with Crippen LogP contribution in [0.2, 0.25) is 0 Å². The van der Waals surface area contributed by atoms with Crippen molar-refractivity contribution >= 4 is 17.7 Å². The Morgan fingerprint density at radius 3 is 3.00 bits per heavy atom. The molecular formula is C6H7ClN2. The third-order valence-corrected chi connectivity index (χ3v) is 1.07. The topological polar surface area (TPSA) is 28.7 Å². The summed E-state index contributed by atoms with van der Waals surface area (Å²) in [5, 5.41) is 0. The van der Waals surface area contributed by atoms with Gasteiger partial charge in [0.05, 0.1) is 0 Å². The SMILES string of the molecule is Cc1cnc(C=CCl)[nH]1. The minimum absolute atomic E-state index is 0.794. The van der Waals surface area contributed by atoms with Crippen LogP contribution in [0.1, 0.15) is 11.5 Å². The highest BCUT2D eigenvalue weighted by Gasteiger charge is 1.88. The summed E-state index contributed by atoms with van der Waals surface area (Å²) >= 11 is 5.30. The van der Waals surface area contributed by atoms with Gasteiger partial charge >= 0.3 is 0 Å². The summed E-state index contributed by atoms with van der Waals surface area (Å²) in [6.07, 6.45) is 3.46. The fourth-order valence-electron chi connectivity index (χ4n) is 0.577. The molecule has 9 heavy (non-hydrogen) atoms. The Morgan fingerprint density at radius 1 is 1.78 bits per heavy atom. The van der Waals surface area contributed by atoms with Crippen LogP contribution in [0.15, 0.2) is 11.7 Å². The lowest BCUT2D eigenvalue weighted by Crippen LogP contribution is -1.71. The van der Waals surface area contributed by atoms with Crippen molar-refractivity contribution in [2.24, 2.45) is 0 Å². The summed E-state index contributed by atoms with van der Waals surface area (Å²) in [6.45, 7) is 1.94. The normalized spacial score (nSPS) is 10.9. The van der Waals surface area contributed by atoms with E-state index in [1.54, 1.807) is 12.3 Å². The molecule has 0 saturated heterocycles. The molecular weight excluding hydrogens is 136 g/mol. The summed E-state index contributed by atoms with van der Waals surface area (Å²) in [4.78, 5) is 6.97.